The topological polar surface area (TPSA) is 215 Å². The van der Waals surface area contributed by atoms with Crippen LogP contribution in [0.1, 0.15) is 119 Å². The monoisotopic (exact) mass is 1110 g/mol. The van der Waals surface area contributed by atoms with Crippen LogP contribution >= 0.6 is 23.2 Å². The Morgan fingerprint density at radius 3 is 1.46 bits per heavy atom. The standard InChI is InChI=1S/C25H26ClF4N5O4.C25H28ClF2N5O4/c26-15-8-16(27)17(28)9-18(15)35-7-1-4-25(23(35)38)5-2-13(3-6-25)33-21(36)19-20(32-12-31-19)22(37)34-10-14(11-34)39-24(29)30;26-16-12-17(27)18(28)13-19(16)33-7-1-4-25(24(33)36)5-2-15(3-6-25)31-22(34)20-21(30-14-29-20)23(35)32-8-10-37-11-9-32/h8-9,12-14,24H,1-7,10-11H2,(H,31,32)(H,33,36);12-15H,1-11H2,(H,29,30)(H,31,34)/t13-,25+;15-,25+. The van der Waals surface area contributed by atoms with Gasteiger partial charge in [0.15, 0.2) is 34.7 Å². The normalized spacial score (nSPS) is 24.1. The number of nitrogens with one attached hydrogen (secondary N) is 4. The van der Waals surface area contributed by atoms with E-state index in [9.17, 15) is 55.1 Å². The van der Waals surface area contributed by atoms with Gasteiger partial charge in [-0.3, -0.25) is 28.8 Å². The molecule has 408 valence electrons. The Labute approximate surface area is 441 Å². The first-order chi connectivity index (χ1) is 36.4. The van der Waals surface area contributed by atoms with Gasteiger partial charge in [0.2, 0.25) is 11.8 Å². The average Bonchev–Trinajstić information content (AvgIpc) is 4.12. The number of halogens is 8. The molecule has 76 heavy (non-hydrogen) atoms. The molecule has 2 aromatic heterocycles. The number of amides is 6. The van der Waals surface area contributed by atoms with Crippen molar-refractivity contribution >= 4 is 70.0 Å². The predicted octanol–water partition coefficient (Wildman–Crippen LogP) is 7.19. The maximum Gasteiger partial charge on any atom is 0.345 e. The number of imidazole rings is 2. The van der Waals surface area contributed by atoms with Crippen molar-refractivity contribution in [3.63, 3.8) is 0 Å². The minimum absolute atomic E-state index is 0.00719. The fraction of sp³-hybridized carbons (Fsp3) is 0.520. The van der Waals surface area contributed by atoms with Crippen molar-refractivity contribution in [2.75, 3.05) is 62.3 Å². The van der Waals surface area contributed by atoms with Gasteiger partial charge >= 0.3 is 6.61 Å². The highest BCUT2D eigenvalue weighted by atomic mass is 35.5. The highest BCUT2D eigenvalue weighted by Gasteiger charge is 2.49. The lowest BCUT2D eigenvalue weighted by Gasteiger charge is -2.45. The van der Waals surface area contributed by atoms with E-state index in [0.717, 1.165) is 24.3 Å². The summed E-state index contributed by atoms with van der Waals surface area (Å²) in [5, 5.41) is 5.82. The van der Waals surface area contributed by atoms with Crippen molar-refractivity contribution in [3.8, 4) is 0 Å². The number of anilines is 2. The van der Waals surface area contributed by atoms with Gasteiger partial charge in [0.05, 0.1) is 53.4 Å². The summed E-state index contributed by atoms with van der Waals surface area (Å²) in [4.78, 5) is 97.8. The summed E-state index contributed by atoms with van der Waals surface area (Å²) < 4.78 is 89.2. The molecule has 2 aromatic carbocycles. The van der Waals surface area contributed by atoms with E-state index in [4.69, 9.17) is 27.9 Å². The smallest absolute Gasteiger partial charge is 0.345 e. The van der Waals surface area contributed by atoms with Crippen molar-refractivity contribution in [1.29, 1.82) is 0 Å². The number of rotatable bonds is 10. The van der Waals surface area contributed by atoms with Crippen molar-refractivity contribution in [3.05, 3.63) is 93.0 Å². The fourth-order valence-electron chi connectivity index (χ4n) is 11.3. The van der Waals surface area contributed by atoms with Crippen LogP contribution in [0.5, 0.6) is 0 Å². The van der Waals surface area contributed by atoms with Crippen LogP contribution in [0, 0.1) is 34.1 Å². The summed E-state index contributed by atoms with van der Waals surface area (Å²) in [6.07, 6.45) is 8.61. The lowest BCUT2D eigenvalue weighted by atomic mass is 9.67. The van der Waals surface area contributed by atoms with Gasteiger partial charge < -0.3 is 49.7 Å². The molecule has 2 spiro atoms. The molecular weight excluding hydrogens is 1050 g/mol. The molecule has 0 unspecified atom stereocenters. The third-order valence-corrected chi connectivity index (χ3v) is 16.1. The van der Waals surface area contributed by atoms with Gasteiger partial charge in [-0.05, 0) is 89.2 Å². The number of hydrogen-bond donors (Lipinski definition) is 4. The third-order valence-electron chi connectivity index (χ3n) is 15.5. The van der Waals surface area contributed by atoms with E-state index in [-0.39, 0.29) is 87.1 Å². The van der Waals surface area contributed by atoms with E-state index in [1.807, 2.05) is 0 Å². The molecule has 0 radical (unpaired) electrons. The van der Waals surface area contributed by atoms with Crippen LogP contribution in [0.2, 0.25) is 10.0 Å². The zero-order valence-corrected chi connectivity index (χ0v) is 42.4. The molecule has 2 saturated carbocycles. The first-order valence-corrected chi connectivity index (χ1v) is 25.8. The molecule has 4 saturated heterocycles. The quantitative estimate of drug-likeness (QED) is 0.0927. The lowest BCUT2D eigenvalue weighted by molar-refractivity contribution is -0.189. The molecule has 6 aliphatic rings. The van der Waals surface area contributed by atoms with Gasteiger partial charge in [0, 0.05) is 74.3 Å². The van der Waals surface area contributed by atoms with E-state index in [1.54, 1.807) is 4.90 Å². The number of nitrogens with zero attached hydrogens (tertiary/aromatic N) is 6. The van der Waals surface area contributed by atoms with Crippen molar-refractivity contribution < 1.29 is 64.6 Å². The minimum atomic E-state index is -2.93. The van der Waals surface area contributed by atoms with Crippen LogP contribution in [0.15, 0.2) is 36.9 Å². The number of morpholine rings is 1. The number of carbonyl (C=O) groups excluding carboxylic acids is 6. The van der Waals surface area contributed by atoms with Crippen molar-refractivity contribution in [2.45, 2.75) is 102 Å². The van der Waals surface area contributed by atoms with Gasteiger partial charge in [-0.15, -0.1) is 0 Å². The molecule has 6 heterocycles. The SMILES string of the molecule is O=C(N[C@H]1CC[C@]2(CCCN(c3cc(F)c(F)cc3Cl)C2=O)CC1)c1[nH]cnc1C(=O)N1CC(OC(F)F)C1.O=C(N[C@H]1CC[C@]2(CCCN(c3cc(F)c(F)cc3Cl)C2=O)CC1)c1[nH]cnc1C(=O)N1CCOCC1. The number of ether oxygens (including phenoxy) is 2. The molecule has 6 amide bonds. The van der Waals surface area contributed by atoms with Gasteiger partial charge in [-0.1, -0.05) is 23.2 Å². The molecule has 4 N–H and O–H groups in total. The second kappa shape index (κ2) is 22.8. The highest BCUT2D eigenvalue weighted by molar-refractivity contribution is 6.34. The number of hydrogen-bond acceptors (Lipinski definition) is 10. The largest absolute Gasteiger partial charge is 0.378 e. The molecule has 4 aromatic rings. The van der Waals surface area contributed by atoms with Gasteiger partial charge in [-0.25, -0.2) is 27.5 Å². The first kappa shape index (κ1) is 54.5. The zero-order chi connectivity index (χ0) is 54.1. The van der Waals surface area contributed by atoms with E-state index in [0.29, 0.717) is 116 Å². The summed E-state index contributed by atoms with van der Waals surface area (Å²) >= 11 is 12.3. The number of aromatic amines is 2. The Hall–Kier alpha value is -6.24. The van der Waals surface area contributed by atoms with Crippen LogP contribution < -0.4 is 20.4 Å². The summed E-state index contributed by atoms with van der Waals surface area (Å²) in [6, 6.07) is 3.22. The molecule has 26 heteroatoms. The van der Waals surface area contributed by atoms with Crippen molar-refractivity contribution in [2.24, 2.45) is 10.8 Å². The Balaban J connectivity index is 0.000000186. The summed E-state index contributed by atoms with van der Waals surface area (Å²) in [6.45, 7) is -0.481. The zero-order valence-electron chi connectivity index (χ0n) is 40.9. The summed E-state index contributed by atoms with van der Waals surface area (Å²) in [5.74, 6) is -6.47. The number of piperidine rings is 2. The highest BCUT2D eigenvalue weighted by Crippen LogP contribution is 2.48. The summed E-state index contributed by atoms with van der Waals surface area (Å²) in [5.41, 5.74) is -0.977. The van der Waals surface area contributed by atoms with Gasteiger partial charge in [-0.2, -0.15) is 8.78 Å². The third kappa shape index (κ3) is 11.3. The lowest BCUT2D eigenvalue weighted by Crippen LogP contribution is -2.55. The Morgan fingerprint density at radius 1 is 0.632 bits per heavy atom. The maximum atomic E-state index is 13.9. The van der Waals surface area contributed by atoms with E-state index >= 15 is 0 Å². The number of likely N-dealkylation sites (tertiary alicyclic amines) is 1. The van der Waals surface area contributed by atoms with Crippen LogP contribution in [0.25, 0.3) is 0 Å². The minimum Gasteiger partial charge on any atom is -0.378 e. The maximum absolute atomic E-state index is 13.9. The molecule has 2 aliphatic carbocycles. The molecule has 0 atom stereocenters. The molecule has 0 bridgehead atoms. The van der Waals surface area contributed by atoms with Gasteiger partial charge in [0.1, 0.15) is 11.4 Å². The Bertz CT molecular complexity index is 2860. The van der Waals surface area contributed by atoms with Crippen LogP contribution in [-0.2, 0) is 19.1 Å². The van der Waals surface area contributed by atoms with Crippen LogP contribution in [-0.4, -0.2) is 142 Å². The van der Waals surface area contributed by atoms with E-state index in [2.05, 4.69) is 35.3 Å². The number of carbonyl (C=O) groups is 6. The fourth-order valence-corrected chi connectivity index (χ4v) is 11.8. The number of aromatic nitrogens is 4. The molecule has 10 rings (SSSR count). The summed E-state index contributed by atoms with van der Waals surface area (Å²) in [7, 11) is 0. The molecule has 18 nitrogen and oxygen atoms in total. The Morgan fingerprint density at radius 2 is 1.04 bits per heavy atom. The number of alkyl halides is 2. The van der Waals surface area contributed by atoms with Gasteiger partial charge in [0.25, 0.3) is 23.6 Å². The predicted molar refractivity (Wildman–Crippen MR) is 261 cm³/mol. The molecule has 6 fully saturated rings. The molecule has 4 aliphatic heterocycles. The number of H-pyrrole nitrogens is 2. The molecular formula is C50H54Cl2F6N10O8. The van der Waals surface area contributed by atoms with Crippen molar-refractivity contribution in [1.82, 2.24) is 40.4 Å². The average molecular weight is 1110 g/mol. The van der Waals surface area contributed by atoms with Crippen LogP contribution in [0.4, 0.5) is 37.7 Å². The second-order valence-electron chi connectivity index (χ2n) is 20.0. The van der Waals surface area contributed by atoms with E-state index in [1.165, 1.54) is 27.4 Å². The number of benzene rings is 2. The second-order valence-corrected chi connectivity index (χ2v) is 20.8. The van der Waals surface area contributed by atoms with E-state index < -0.39 is 64.5 Å². The Kier molecular flexibility index (Phi) is 16.3. The van der Waals surface area contributed by atoms with Crippen LogP contribution in [0.3, 0.4) is 0 Å². The first-order valence-electron chi connectivity index (χ1n) is 25.1.